The Morgan fingerprint density at radius 3 is 2.46 bits per heavy atom. The van der Waals surface area contributed by atoms with Gasteiger partial charge in [0.25, 0.3) is 5.92 Å². The van der Waals surface area contributed by atoms with E-state index in [2.05, 4.69) is 0 Å². The molecule has 0 spiro atoms. The molecule has 0 saturated heterocycles. The van der Waals surface area contributed by atoms with E-state index in [9.17, 15) is 8.78 Å². The Labute approximate surface area is 76.0 Å². The lowest BCUT2D eigenvalue weighted by molar-refractivity contribution is -0.0561. The summed E-state index contributed by atoms with van der Waals surface area (Å²) < 4.78 is 26.2. The highest BCUT2D eigenvalue weighted by Crippen LogP contribution is 2.30. The Hall–Kier alpha value is -0.960. The highest BCUT2D eigenvalue weighted by molar-refractivity contribution is 5.33. The van der Waals surface area contributed by atoms with Gasteiger partial charge in [-0.1, -0.05) is 17.7 Å². The number of hydrogen-bond acceptors (Lipinski definition) is 1. The fourth-order valence-corrected chi connectivity index (χ4v) is 1.22. The molecule has 0 aliphatic heterocycles. The molecule has 0 heterocycles. The normalized spacial score (nSPS) is 11.8. The van der Waals surface area contributed by atoms with E-state index in [4.69, 9.17) is 5.11 Å². The van der Waals surface area contributed by atoms with Crippen molar-refractivity contribution in [1.29, 1.82) is 0 Å². The van der Waals surface area contributed by atoms with Crippen LogP contribution in [0.25, 0.3) is 0 Å². The molecule has 0 bridgehead atoms. The molecule has 0 aliphatic rings. The molecular weight excluding hydrogens is 174 g/mol. The summed E-state index contributed by atoms with van der Waals surface area (Å²) in [6, 6.07) is 4.81. The highest BCUT2D eigenvalue weighted by Gasteiger charge is 2.31. The molecule has 0 amide bonds. The minimum atomic E-state index is -3.13. The summed E-state index contributed by atoms with van der Waals surface area (Å²) in [7, 11) is 0. The van der Waals surface area contributed by atoms with Crippen LogP contribution in [0.2, 0.25) is 0 Å². The highest BCUT2D eigenvalue weighted by atomic mass is 19.3. The Morgan fingerprint density at radius 1 is 1.31 bits per heavy atom. The lowest BCUT2D eigenvalue weighted by atomic mass is 10.0. The van der Waals surface area contributed by atoms with Crippen molar-refractivity contribution >= 4 is 0 Å². The molecule has 1 nitrogen and oxygen atoms in total. The van der Waals surface area contributed by atoms with Gasteiger partial charge in [-0.2, -0.15) is 8.78 Å². The molecule has 0 fully saturated rings. The largest absolute Gasteiger partial charge is 0.390 e. The van der Waals surface area contributed by atoms with Crippen LogP contribution < -0.4 is 0 Å². The summed E-state index contributed by atoms with van der Waals surface area (Å²) in [5, 5.41) is 8.51. The molecule has 0 atom stereocenters. The first kappa shape index (κ1) is 10.1. The maximum Gasteiger partial charge on any atom is 0.296 e. The Morgan fingerprint density at radius 2 is 1.92 bits per heavy atom. The third kappa shape index (κ3) is 2.04. The van der Waals surface area contributed by atoms with Gasteiger partial charge in [-0.25, -0.2) is 0 Å². The van der Waals surface area contributed by atoms with Gasteiger partial charge in [0.15, 0.2) is 0 Å². The van der Waals surface area contributed by atoms with Gasteiger partial charge >= 0.3 is 0 Å². The van der Waals surface area contributed by atoms with E-state index in [0.29, 0.717) is 5.56 Å². The number of hydrogen-bond donors (Lipinski definition) is 1. The second-order valence-electron chi connectivity index (χ2n) is 3.18. The van der Waals surface area contributed by atoms with Crippen LogP contribution in [0.15, 0.2) is 18.2 Å². The molecular formula is C10H12F2O. The molecule has 0 aliphatic carbocycles. The lowest BCUT2D eigenvalue weighted by Gasteiger charge is -2.16. The predicted octanol–water partition coefficient (Wildman–Crippen LogP) is 2.39. The van der Waals surface area contributed by atoms with Gasteiger partial charge < -0.3 is 5.11 Å². The smallest absolute Gasteiger partial charge is 0.296 e. The van der Waals surface area contributed by atoms with E-state index in [1.54, 1.807) is 26.0 Å². The minimum Gasteiger partial charge on any atom is -0.390 e. The van der Waals surface area contributed by atoms with Crippen LogP contribution in [-0.4, -0.2) is 11.7 Å². The molecule has 72 valence electrons. The zero-order valence-corrected chi connectivity index (χ0v) is 7.64. The summed E-state index contributed by atoms with van der Waals surface area (Å²) in [5.41, 5.74) is 1.19. The number of aliphatic hydroxyl groups is 1. The number of benzene rings is 1. The van der Waals surface area contributed by atoms with Gasteiger partial charge in [-0.3, -0.25) is 0 Å². The minimum absolute atomic E-state index is 0.0880. The van der Waals surface area contributed by atoms with Crippen molar-refractivity contribution in [3.8, 4) is 0 Å². The van der Waals surface area contributed by atoms with Gasteiger partial charge in [0.05, 0.1) is 0 Å². The first-order chi connectivity index (χ1) is 5.97. The fraction of sp³-hybridized carbons (Fsp3) is 0.400. The van der Waals surface area contributed by atoms with E-state index >= 15 is 0 Å². The first-order valence-electron chi connectivity index (χ1n) is 4.04. The maximum absolute atomic E-state index is 13.1. The quantitative estimate of drug-likeness (QED) is 0.751. The number of aryl methyl sites for hydroxylation is 2. The summed E-state index contributed by atoms with van der Waals surface area (Å²) in [4.78, 5) is 0. The average Bonchev–Trinajstić information content (AvgIpc) is 2.09. The molecule has 1 rings (SSSR count). The van der Waals surface area contributed by atoms with E-state index in [1.165, 1.54) is 6.07 Å². The van der Waals surface area contributed by atoms with Gasteiger partial charge in [0.1, 0.15) is 6.61 Å². The van der Waals surface area contributed by atoms with Crippen molar-refractivity contribution < 1.29 is 13.9 Å². The molecule has 0 unspecified atom stereocenters. The van der Waals surface area contributed by atoms with Crippen LogP contribution in [0.5, 0.6) is 0 Å². The Kier molecular flexibility index (Phi) is 2.66. The standard InChI is InChI=1S/C10H12F2O/c1-7-3-4-8(2)9(5-7)10(11,12)6-13/h3-5,13H,6H2,1-2H3. The Bertz CT molecular complexity index is 308. The molecule has 1 aromatic carbocycles. The number of halogens is 2. The summed E-state index contributed by atoms with van der Waals surface area (Å²) in [5.74, 6) is -3.13. The Balaban J connectivity index is 3.20. The zero-order chi connectivity index (χ0) is 10.1. The second kappa shape index (κ2) is 3.42. The molecule has 0 saturated carbocycles. The average molecular weight is 186 g/mol. The summed E-state index contributed by atoms with van der Waals surface area (Å²) >= 11 is 0. The van der Waals surface area contributed by atoms with E-state index in [0.717, 1.165) is 5.56 Å². The zero-order valence-electron chi connectivity index (χ0n) is 7.64. The van der Waals surface area contributed by atoms with Crippen LogP contribution in [0, 0.1) is 13.8 Å². The first-order valence-corrected chi connectivity index (χ1v) is 4.04. The van der Waals surface area contributed by atoms with Crippen LogP contribution in [0.3, 0.4) is 0 Å². The molecule has 1 N–H and O–H groups in total. The number of rotatable bonds is 2. The van der Waals surface area contributed by atoms with Crippen molar-refractivity contribution in [3.05, 3.63) is 34.9 Å². The molecule has 0 aromatic heterocycles. The second-order valence-corrected chi connectivity index (χ2v) is 3.18. The van der Waals surface area contributed by atoms with Gasteiger partial charge in [0, 0.05) is 5.56 Å². The molecule has 0 radical (unpaired) electrons. The van der Waals surface area contributed by atoms with Crippen molar-refractivity contribution in [3.63, 3.8) is 0 Å². The monoisotopic (exact) mass is 186 g/mol. The third-order valence-electron chi connectivity index (χ3n) is 1.99. The molecule has 3 heteroatoms. The van der Waals surface area contributed by atoms with E-state index in [-0.39, 0.29) is 5.56 Å². The third-order valence-corrected chi connectivity index (χ3v) is 1.99. The maximum atomic E-state index is 13.1. The van der Waals surface area contributed by atoms with Crippen molar-refractivity contribution in [2.75, 3.05) is 6.61 Å². The van der Waals surface area contributed by atoms with Crippen molar-refractivity contribution in [2.24, 2.45) is 0 Å². The van der Waals surface area contributed by atoms with Gasteiger partial charge in [-0.05, 0) is 25.5 Å². The summed E-state index contributed by atoms with van der Waals surface area (Å²) in [6.07, 6.45) is 0. The predicted molar refractivity (Wildman–Crippen MR) is 46.9 cm³/mol. The van der Waals surface area contributed by atoms with Crippen molar-refractivity contribution in [2.45, 2.75) is 19.8 Å². The number of alkyl halides is 2. The summed E-state index contributed by atoms with van der Waals surface area (Å²) in [6.45, 7) is 2.21. The lowest BCUT2D eigenvalue weighted by Crippen LogP contribution is -2.19. The SMILES string of the molecule is Cc1ccc(C)c(C(F)(F)CO)c1. The van der Waals surface area contributed by atoms with Crippen LogP contribution in [-0.2, 0) is 5.92 Å². The van der Waals surface area contributed by atoms with Crippen LogP contribution >= 0.6 is 0 Å². The van der Waals surface area contributed by atoms with E-state index in [1.807, 2.05) is 0 Å². The fourth-order valence-electron chi connectivity index (χ4n) is 1.22. The molecule has 1 aromatic rings. The van der Waals surface area contributed by atoms with Crippen molar-refractivity contribution in [1.82, 2.24) is 0 Å². The topological polar surface area (TPSA) is 20.2 Å². The van der Waals surface area contributed by atoms with Crippen LogP contribution in [0.4, 0.5) is 8.78 Å². The molecule has 13 heavy (non-hydrogen) atoms. The van der Waals surface area contributed by atoms with E-state index < -0.39 is 12.5 Å². The van der Waals surface area contributed by atoms with Gasteiger partial charge in [0.2, 0.25) is 0 Å². The van der Waals surface area contributed by atoms with Crippen LogP contribution in [0.1, 0.15) is 16.7 Å². The van der Waals surface area contributed by atoms with Gasteiger partial charge in [-0.15, -0.1) is 0 Å². The number of aliphatic hydroxyl groups excluding tert-OH is 1.